The summed E-state index contributed by atoms with van der Waals surface area (Å²) in [6.45, 7) is 3.86. The average molecular weight is 345 g/mol. The molecule has 7 nitrogen and oxygen atoms in total. The van der Waals surface area contributed by atoms with E-state index in [1.54, 1.807) is 0 Å². The Morgan fingerprint density at radius 1 is 1.38 bits per heavy atom. The largest absolute Gasteiger partial charge is 0.431 e. The minimum atomic E-state index is -0.481. The van der Waals surface area contributed by atoms with Gasteiger partial charge < -0.3 is 8.98 Å². The highest BCUT2D eigenvalue weighted by Crippen LogP contribution is 2.27. The number of nitro groups is 1. The van der Waals surface area contributed by atoms with Crippen LogP contribution >= 0.6 is 11.8 Å². The van der Waals surface area contributed by atoms with Crippen LogP contribution in [-0.2, 0) is 7.05 Å². The van der Waals surface area contributed by atoms with Crippen LogP contribution in [0.5, 0.6) is 0 Å². The van der Waals surface area contributed by atoms with Crippen LogP contribution in [0, 0.1) is 24.0 Å². The van der Waals surface area contributed by atoms with Gasteiger partial charge in [-0.1, -0.05) is 11.8 Å². The molecule has 0 atom stereocenters. The first-order valence-electron chi connectivity index (χ1n) is 7.20. The number of hydrogen-bond donors (Lipinski definition) is 0. The Hall–Kier alpha value is -2.61. The van der Waals surface area contributed by atoms with Crippen molar-refractivity contribution < 1.29 is 14.1 Å². The minimum Gasteiger partial charge on any atom is -0.431 e. The number of ketones is 1. The van der Waals surface area contributed by atoms with E-state index in [1.165, 1.54) is 30.0 Å². The lowest BCUT2D eigenvalue weighted by Gasteiger charge is -2.01. The first-order chi connectivity index (χ1) is 11.4. The number of hydrogen-bond acceptors (Lipinski definition) is 6. The number of rotatable bonds is 5. The maximum Gasteiger partial charge on any atom is 0.271 e. The van der Waals surface area contributed by atoms with Crippen molar-refractivity contribution in [3.63, 3.8) is 0 Å². The van der Waals surface area contributed by atoms with E-state index in [9.17, 15) is 14.9 Å². The minimum absolute atomic E-state index is 0.00515. The molecule has 0 spiro atoms. The first kappa shape index (κ1) is 16.3. The maximum absolute atomic E-state index is 12.4. The average Bonchev–Trinajstić information content (AvgIpc) is 3.07. The van der Waals surface area contributed by atoms with Crippen molar-refractivity contribution in [1.82, 2.24) is 9.55 Å². The predicted octanol–water partition coefficient (Wildman–Crippen LogP) is 3.67. The molecule has 2 heterocycles. The van der Waals surface area contributed by atoms with Crippen LogP contribution in [0.2, 0.25) is 0 Å². The molecule has 0 bridgehead atoms. The van der Waals surface area contributed by atoms with Crippen molar-refractivity contribution in [2.24, 2.45) is 7.05 Å². The lowest BCUT2D eigenvalue weighted by Crippen LogP contribution is -2.04. The molecular weight excluding hydrogens is 330 g/mol. The molecule has 8 heteroatoms. The number of fused-ring (bicyclic) bond motifs is 1. The highest BCUT2D eigenvalue weighted by Gasteiger charge is 2.17. The molecule has 3 rings (SSSR count). The van der Waals surface area contributed by atoms with Crippen LogP contribution in [0.3, 0.4) is 0 Å². The molecule has 0 saturated heterocycles. The molecule has 124 valence electrons. The van der Waals surface area contributed by atoms with E-state index in [0.29, 0.717) is 21.9 Å². The Labute approximate surface area is 141 Å². The predicted molar refractivity (Wildman–Crippen MR) is 90.6 cm³/mol. The van der Waals surface area contributed by atoms with Gasteiger partial charge in [-0.15, -0.1) is 0 Å². The molecule has 24 heavy (non-hydrogen) atoms. The maximum atomic E-state index is 12.4. The van der Waals surface area contributed by atoms with Gasteiger partial charge in [-0.3, -0.25) is 14.9 Å². The number of benzene rings is 1. The number of thioether (sulfide) groups is 1. The summed E-state index contributed by atoms with van der Waals surface area (Å²) in [6.07, 6.45) is 0. The second-order valence-electron chi connectivity index (χ2n) is 5.44. The quantitative estimate of drug-likeness (QED) is 0.303. The molecule has 1 aromatic carbocycles. The number of nitro benzene ring substituents is 1. The lowest BCUT2D eigenvalue weighted by molar-refractivity contribution is -0.384. The summed E-state index contributed by atoms with van der Waals surface area (Å²) in [5, 5.41) is 11.1. The van der Waals surface area contributed by atoms with Gasteiger partial charge in [-0.2, -0.15) is 0 Å². The van der Waals surface area contributed by atoms with Crippen LogP contribution in [0.15, 0.2) is 33.9 Å². The summed E-state index contributed by atoms with van der Waals surface area (Å²) in [5.74, 6) is 0.189. The number of oxazole rings is 1. The van der Waals surface area contributed by atoms with E-state index in [-0.39, 0.29) is 17.2 Å². The zero-order valence-corrected chi connectivity index (χ0v) is 14.2. The number of nitrogens with zero attached hydrogens (tertiary/aromatic N) is 3. The standard InChI is InChI=1S/C16H15N3O4S/c1-9-6-12(10(2)18(9)3)14(20)8-24-16-17-13-7-11(19(21)22)4-5-15(13)23-16/h4-7H,8H2,1-3H3. The fourth-order valence-corrected chi connectivity index (χ4v) is 3.13. The second kappa shape index (κ2) is 6.12. The SMILES string of the molecule is Cc1cc(C(=O)CSc2nc3cc([N+](=O)[O-])ccc3o2)c(C)n1C. The van der Waals surface area contributed by atoms with Gasteiger partial charge in [0.15, 0.2) is 11.4 Å². The highest BCUT2D eigenvalue weighted by molar-refractivity contribution is 7.99. The van der Waals surface area contributed by atoms with E-state index in [4.69, 9.17) is 4.42 Å². The van der Waals surface area contributed by atoms with Gasteiger partial charge in [-0.05, 0) is 26.0 Å². The Balaban J connectivity index is 1.76. The molecule has 2 aromatic heterocycles. The van der Waals surface area contributed by atoms with Crippen molar-refractivity contribution in [2.75, 3.05) is 5.75 Å². The van der Waals surface area contributed by atoms with E-state index in [1.807, 2.05) is 31.5 Å². The molecule has 0 aliphatic rings. The van der Waals surface area contributed by atoms with Gasteiger partial charge >= 0.3 is 0 Å². The third kappa shape index (κ3) is 2.92. The molecule has 0 radical (unpaired) electrons. The van der Waals surface area contributed by atoms with E-state index < -0.39 is 4.92 Å². The number of carbonyl (C=O) groups is 1. The fraction of sp³-hybridized carbons (Fsp3) is 0.250. The van der Waals surface area contributed by atoms with Crippen LogP contribution < -0.4 is 0 Å². The zero-order valence-electron chi connectivity index (χ0n) is 13.4. The summed E-state index contributed by atoms with van der Waals surface area (Å²) < 4.78 is 7.49. The smallest absolute Gasteiger partial charge is 0.271 e. The Bertz CT molecular complexity index is 958. The summed E-state index contributed by atoms with van der Waals surface area (Å²) in [6, 6.07) is 6.10. The molecule has 0 aliphatic heterocycles. The molecule has 0 amide bonds. The summed E-state index contributed by atoms with van der Waals surface area (Å²) in [4.78, 5) is 26.9. The zero-order chi connectivity index (χ0) is 17.4. The Morgan fingerprint density at radius 3 is 2.75 bits per heavy atom. The molecule has 0 N–H and O–H groups in total. The number of carbonyl (C=O) groups excluding carboxylic acids is 1. The molecule has 3 aromatic rings. The van der Waals surface area contributed by atoms with Crippen LogP contribution in [0.1, 0.15) is 21.7 Å². The third-order valence-electron chi connectivity index (χ3n) is 3.96. The molecule has 0 aliphatic carbocycles. The number of Topliss-reactive ketones (excluding diaryl/α,β-unsaturated/α-hetero) is 1. The number of aryl methyl sites for hydroxylation is 1. The monoisotopic (exact) mass is 345 g/mol. The number of non-ortho nitro benzene ring substituents is 1. The van der Waals surface area contributed by atoms with E-state index in [2.05, 4.69) is 4.98 Å². The van der Waals surface area contributed by atoms with Gasteiger partial charge in [0.25, 0.3) is 10.9 Å². The van der Waals surface area contributed by atoms with Crippen molar-refractivity contribution in [3.8, 4) is 0 Å². The van der Waals surface area contributed by atoms with Crippen molar-refractivity contribution in [1.29, 1.82) is 0 Å². The summed E-state index contributed by atoms with van der Waals surface area (Å²) in [7, 11) is 1.92. The molecule has 0 unspecified atom stereocenters. The van der Waals surface area contributed by atoms with Gasteiger partial charge in [0.2, 0.25) is 0 Å². The van der Waals surface area contributed by atoms with Crippen molar-refractivity contribution in [2.45, 2.75) is 19.1 Å². The molecule has 0 fully saturated rings. The normalized spacial score (nSPS) is 11.1. The first-order valence-corrected chi connectivity index (χ1v) is 8.19. The van der Waals surface area contributed by atoms with Crippen LogP contribution in [-0.4, -0.2) is 26.0 Å². The van der Waals surface area contributed by atoms with Gasteiger partial charge in [0.05, 0.1) is 10.7 Å². The van der Waals surface area contributed by atoms with Gasteiger partial charge in [-0.25, -0.2) is 4.98 Å². The summed E-state index contributed by atoms with van der Waals surface area (Å²) in [5.41, 5.74) is 3.46. The Morgan fingerprint density at radius 2 is 2.12 bits per heavy atom. The third-order valence-corrected chi connectivity index (χ3v) is 4.79. The molecule has 0 saturated carbocycles. The van der Waals surface area contributed by atoms with Gasteiger partial charge in [0.1, 0.15) is 5.52 Å². The van der Waals surface area contributed by atoms with Gasteiger partial charge in [0, 0.05) is 36.1 Å². The Kier molecular flexibility index (Phi) is 4.15. The van der Waals surface area contributed by atoms with Crippen LogP contribution in [0.4, 0.5) is 5.69 Å². The van der Waals surface area contributed by atoms with E-state index >= 15 is 0 Å². The highest BCUT2D eigenvalue weighted by atomic mass is 32.2. The van der Waals surface area contributed by atoms with Crippen molar-refractivity contribution >= 4 is 34.3 Å². The lowest BCUT2D eigenvalue weighted by atomic mass is 10.2. The topological polar surface area (TPSA) is 91.2 Å². The second-order valence-corrected chi connectivity index (χ2v) is 6.37. The van der Waals surface area contributed by atoms with Crippen molar-refractivity contribution in [3.05, 3.63) is 51.3 Å². The van der Waals surface area contributed by atoms with E-state index in [0.717, 1.165) is 11.4 Å². The molecular formula is C16H15N3O4S. The fourth-order valence-electron chi connectivity index (χ4n) is 2.41. The van der Waals surface area contributed by atoms with Crippen LogP contribution in [0.25, 0.3) is 11.1 Å². The summed E-state index contributed by atoms with van der Waals surface area (Å²) >= 11 is 1.18. The number of aromatic nitrogens is 2.